The van der Waals surface area contributed by atoms with Gasteiger partial charge in [-0.25, -0.2) is 4.79 Å². The first-order chi connectivity index (χ1) is 21.5. The Hall–Kier alpha value is -2.64. The number of ether oxygens (including phenoxy) is 1. The van der Waals surface area contributed by atoms with Crippen molar-refractivity contribution in [2.45, 2.75) is 112 Å². The van der Waals surface area contributed by atoms with Gasteiger partial charge in [-0.05, 0) is 121 Å². The van der Waals surface area contributed by atoms with Crippen LogP contribution in [0, 0.1) is 50.2 Å². The van der Waals surface area contributed by atoms with Gasteiger partial charge < -0.3 is 25.2 Å². The highest BCUT2D eigenvalue weighted by Crippen LogP contribution is 2.75. The Balaban J connectivity index is 1.31. The number of fused-ring (bicyclic) bond motifs is 7. The molecule has 4 fully saturated rings. The minimum atomic E-state index is -0.935. The van der Waals surface area contributed by atoms with Crippen LogP contribution in [0.25, 0.3) is 6.08 Å². The molecule has 0 spiro atoms. The van der Waals surface area contributed by atoms with Crippen LogP contribution < -0.4 is 0 Å². The summed E-state index contributed by atoms with van der Waals surface area (Å²) in [6, 6.07) is 6.49. The summed E-state index contributed by atoms with van der Waals surface area (Å²) in [6.45, 7) is 13.5. The van der Waals surface area contributed by atoms with Gasteiger partial charge in [0.05, 0.1) is 18.1 Å². The number of phenols is 1. The smallest absolute Gasteiger partial charge is 0.331 e. The molecule has 0 radical (unpaired) electrons. The van der Waals surface area contributed by atoms with E-state index in [1.54, 1.807) is 30.3 Å². The van der Waals surface area contributed by atoms with Crippen molar-refractivity contribution in [1.29, 1.82) is 0 Å². The van der Waals surface area contributed by atoms with E-state index in [0.717, 1.165) is 50.5 Å². The van der Waals surface area contributed by atoms with E-state index in [1.807, 2.05) is 6.92 Å². The first-order valence-corrected chi connectivity index (χ1v) is 17.4. The number of benzene rings is 1. The van der Waals surface area contributed by atoms with Crippen LogP contribution in [0.5, 0.6) is 5.75 Å². The van der Waals surface area contributed by atoms with Crippen LogP contribution in [0.2, 0.25) is 0 Å². The lowest BCUT2D eigenvalue weighted by molar-refractivity contribution is -0.249. The molecule has 0 bridgehead atoms. The zero-order valence-electron chi connectivity index (χ0n) is 28.5. The van der Waals surface area contributed by atoms with E-state index in [2.05, 4.69) is 40.7 Å². The number of carbonyl (C=O) groups excluding carboxylic acids is 1. The summed E-state index contributed by atoms with van der Waals surface area (Å²) in [5.41, 5.74) is 0.128. The van der Waals surface area contributed by atoms with E-state index in [1.165, 1.54) is 11.6 Å². The third-order valence-electron chi connectivity index (χ3n) is 14.7. The molecule has 0 saturated heterocycles. The summed E-state index contributed by atoms with van der Waals surface area (Å²) in [7, 11) is 0. The van der Waals surface area contributed by atoms with E-state index in [9.17, 15) is 30.0 Å². The Bertz CT molecular complexity index is 1440. The number of aliphatic carboxylic acids is 1. The minimum absolute atomic E-state index is 0.0271. The molecule has 7 heteroatoms. The van der Waals surface area contributed by atoms with Crippen LogP contribution in [0.15, 0.2) is 42.0 Å². The van der Waals surface area contributed by atoms with Gasteiger partial charge in [-0.2, -0.15) is 0 Å². The minimum Gasteiger partial charge on any atom is -0.508 e. The summed E-state index contributed by atoms with van der Waals surface area (Å²) in [4.78, 5) is 26.0. The first kappa shape index (κ1) is 33.3. The van der Waals surface area contributed by atoms with E-state index >= 15 is 0 Å². The first-order valence-electron chi connectivity index (χ1n) is 17.4. The summed E-state index contributed by atoms with van der Waals surface area (Å²) in [6.07, 6.45) is 10.8. The largest absolute Gasteiger partial charge is 0.508 e. The topological polar surface area (TPSA) is 124 Å². The number of aromatic hydroxyl groups is 1. The molecule has 0 amide bonds. The van der Waals surface area contributed by atoms with Crippen molar-refractivity contribution >= 4 is 18.0 Å². The fourth-order valence-corrected chi connectivity index (χ4v) is 11.9. The van der Waals surface area contributed by atoms with Crippen molar-refractivity contribution in [2.75, 3.05) is 6.61 Å². The van der Waals surface area contributed by atoms with Crippen LogP contribution in [0.1, 0.15) is 105 Å². The van der Waals surface area contributed by atoms with Crippen LogP contribution >= 0.6 is 0 Å². The van der Waals surface area contributed by atoms with Crippen molar-refractivity contribution in [3.05, 3.63) is 47.6 Å². The number of esters is 1. The van der Waals surface area contributed by atoms with Crippen LogP contribution in [0.4, 0.5) is 0 Å². The number of carboxylic acids is 1. The summed E-state index contributed by atoms with van der Waals surface area (Å²) in [5.74, 6) is -0.769. The van der Waals surface area contributed by atoms with E-state index in [0.29, 0.717) is 12.8 Å². The van der Waals surface area contributed by atoms with Crippen molar-refractivity contribution in [3.63, 3.8) is 0 Å². The van der Waals surface area contributed by atoms with Crippen molar-refractivity contribution in [1.82, 2.24) is 0 Å². The normalized spacial score (nSPS) is 44.6. The molecule has 4 saturated carbocycles. The Morgan fingerprint density at radius 1 is 0.935 bits per heavy atom. The van der Waals surface area contributed by atoms with Gasteiger partial charge >= 0.3 is 11.9 Å². The van der Waals surface area contributed by atoms with Gasteiger partial charge in [0, 0.05) is 11.5 Å². The maximum Gasteiger partial charge on any atom is 0.331 e. The number of carbonyl (C=O) groups is 2. The molecular formula is C39H54O7. The Morgan fingerprint density at radius 3 is 2.26 bits per heavy atom. The number of hydrogen-bond acceptors (Lipinski definition) is 6. The molecule has 46 heavy (non-hydrogen) atoms. The van der Waals surface area contributed by atoms with E-state index in [-0.39, 0.29) is 51.8 Å². The zero-order chi connectivity index (χ0) is 33.5. The SMILES string of the molecule is CC1(C)CCC2(C(=O)O)CCC3(C)C(=CCC4C5(C)CC(O)C(OC(=O)/C=C/c6ccc(O)cc6)C(C)(CO)C5CCC43C)C2C1. The number of aliphatic hydroxyl groups excluding tert-OH is 2. The second-order valence-corrected chi connectivity index (χ2v) is 17.4. The lowest BCUT2D eigenvalue weighted by atomic mass is 9.33. The molecule has 0 heterocycles. The number of aliphatic hydroxyl groups is 2. The molecule has 1 aromatic carbocycles. The van der Waals surface area contributed by atoms with Crippen molar-refractivity contribution in [2.24, 2.45) is 50.2 Å². The number of carboxylic acid groups (broad SMARTS) is 1. The molecule has 10 atom stereocenters. The fraction of sp³-hybridized carbons (Fsp3) is 0.692. The van der Waals surface area contributed by atoms with Gasteiger partial charge in [0.15, 0.2) is 0 Å². The van der Waals surface area contributed by atoms with Crippen LogP contribution in [-0.4, -0.2) is 51.2 Å². The van der Waals surface area contributed by atoms with E-state index < -0.39 is 35.0 Å². The average Bonchev–Trinajstić information content (AvgIpc) is 2.98. The maximum atomic E-state index is 13.1. The zero-order valence-corrected chi connectivity index (χ0v) is 28.5. The average molecular weight is 635 g/mol. The lowest BCUT2D eigenvalue weighted by Crippen LogP contribution is -2.68. The highest BCUT2D eigenvalue weighted by Gasteiger charge is 2.71. The third-order valence-corrected chi connectivity index (χ3v) is 14.7. The Morgan fingerprint density at radius 2 is 1.61 bits per heavy atom. The molecule has 0 aliphatic heterocycles. The van der Waals surface area contributed by atoms with Gasteiger partial charge in [-0.15, -0.1) is 0 Å². The molecule has 5 aliphatic rings. The number of phenolic OH excluding ortho intramolecular Hbond substituents is 1. The van der Waals surface area contributed by atoms with Crippen molar-refractivity contribution in [3.8, 4) is 5.75 Å². The molecule has 1 aromatic rings. The number of rotatable bonds is 5. The second kappa shape index (κ2) is 10.9. The van der Waals surface area contributed by atoms with Gasteiger partial charge in [0.2, 0.25) is 0 Å². The predicted molar refractivity (Wildman–Crippen MR) is 176 cm³/mol. The molecule has 10 unspecified atom stereocenters. The predicted octanol–water partition coefficient (Wildman–Crippen LogP) is 7.15. The fourth-order valence-electron chi connectivity index (χ4n) is 11.9. The summed E-state index contributed by atoms with van der Waals surface area (Å²) >= 11 is 0. The highest BCUT2D eigenvalue weighted by molar-refractivity contribution is 5.87. The monoisotopic (exact) mass is 634 g/mol. The molecule has 252 valence electrons. The number of allylic oxidation sites excluding steroid dienone is 2. The van der Waals surface area contributed by atoms with Gasteiger partial charge in [0.25, 0.3) is 0 Å². The third kappa shape index (κ3) is 4.73. The van der Waals surface area contributed by atoms with E-state index in [4.69, 9.17) is 4.74 Å². The quantitative estimate of drug-likeness (QED) is 0.154. The molecular weight excluding hydrogens is 580 g/mol. The molecule has 6 rings (SSSR count). The lowest BCUT2D eigenvalue weighted by Gasteiger charge is -2.71. The molecule has 0 aromatic heterocycles. The molecule has 4 N–H and O–H groups in total. The molecule has 7 nitrogen and oxygen atoms in total. The van der Waals surface area contributed by atoms with Crippen LogP contribution in [0.3, 0.4) is 0 Å². The summed E-state index contributed by atoms with van der Waals surface area (Å²) < 4.78 is 5.98. The Kier molecular flexibility index (Phi) is 7.92. The van der Waals surface area contributed by atoms with Gasteiger partial charge in [-0.3, -0.25) is 4.79 Å². The Labute approximate surface area is 274 Å². The second-order valence-electron chi connectivity index (χ2n) is 17.4. The maximum absolute atomic E-state index is 13.1. The van der Waals surface area contributed by atoms with Gasteiger partial charge in [-0.1, -0.05) is 65.3 Å². The standard InChI is InChI=1S/C39H54O7/c1-34(2)17-19-39(33(44)45)20-18-37(5)26(27(39)21-34)12-13-30-35(3)22-28(42)32(36(4,23-40)29(35)15-16-38(30,37)6)46-31(43)14-9-24-7-10-25(41)11-8-24/h7-12,14,27-30,32,40-42H,13,15-23H2,1-6H3,(H,44,45)/b14-9+. The van der Waals surface area contributed by atoms with Gasteiger partial charge in [0.1, 0.15) is 11.9 Å². The molecule has 5 aliphatic carbocycles. The highest BCUT2D eigenvalue weighted by atomic mass is 16.6. The van der Waals surface area contributed by atoms with Crippen molar-refractivity contribution < 1.29 is 34.8 Å². The number of hydrogen-bond donors (Lipinski definition) is 4. The van der Waals surface area contributed by atoms with Crippen LogP contribution in [-0.2, 0) is 14.3 Å². The summed E-state index contributed by atoms with van der Waals surface area (Å²) in [5, 5.41) is 42.9.